The smallest absolute Gasteiger partial charge is 0.260 e. The summed E-state index contributed by atoms with van der Waals surface area (Å²) < 4.78 is 19.1. The molecule has 1 aliphatic rings. The number of carbonyl (C=O) groups is 1. The number of hydrogen-bond donors (Lipinski definition) is 1. The second-order valence-corrected chi connectivity index (χ2v) is 4.79. The third-order valence-electron chi connectivity index (χ3n) is 3.29. The second-order valence-electron chi connectivity index (χ2n) is 4.79. The molecule has 5 heteroatoms. The first-order valence-corrected chi connectivity index (χ1v) is 6.49. The number of benzene rings is 1. The number of hydrogen-bond acceptors (Lipinski definition) is 3. The first-order valence-electron chi connectivity index (χ1n) is 6.49. The van der Waals surface area contributed by atoms with Crippen LogP contribution in [0.4, 0.5) is 4.39 Å². The van der Waals surface area contributed by atoms with Crippen molar-refractivity contribution in [1.82, 2.24) is 4.90 Å². The quantitative estimate of drug-likeness (QED) is 0.845. The maximum absolute atomic E-state index is 13.7. The maximum Gasteiger partial charge on any atom is 0.260 e. The van der Waals surface area contributed by atoms with Gasteiger partial charge in [-0.1, -0.05) is 12.1 Å². The van der Waals surface area contributed by atoms with Crippen molar-refractivity contribution in [2.75, 3.05) is 20.2 Å². The molecule has 1 fully saturated rings. The van der Waals surface area contributed by atoms with E-state index in [1.165, 1.54) is 6.07 Å². The van der Waals surface area contributed by atoms with Crippen molar-refractivity contribution in [1.29, 1.82) is 0 Å². The molecule has 0 bridgehead atoms. The summed E-state index contributed by atoms with van der Waals surface area (Å²) in [6, 6.07) is 5.04. The SMILES string of the molecule is CN(C(=O)COc1c(F)cccc1CCN)C1CC1. The molecular weight excluding hydrogens is 247 g/mol. The zero-order valence-corrected chi connectivity index (χ0v) is 11.1. The summed E-state index contributed by atoms with van der Waals surface area (Å²) in [5, 5.41) is 0. The van der Waals surface area contributed by atoms with Crippen LogP contribution in [0, 0.1) is 5.82 Å². The molecule has 1 aromatic rings. The molecule has 1 aromatic carbocycles. The van der Waals surface area contributed by atoms with Gasteiger partial charge in [0.25, 0.3) is 5.91 Å². The Bertz CT molecular complexity index is 461. The standard InChI is InChI=1S/C14H19FN2O2/c1-17(11-5-6-11)13(18)9-19-14-10(7-8-16)3-2-4-12(14)15/h2-4,11H,5-9,16H2,1H3. The highest BCUT2D eigenvalue weighted by Gasteiger charge is 2.29. The molecule has 2 N–H and O–H groups in total. The second kappa shape index (κ2) is 6.02. The lowest BCUT2D eigenvalue weighted by molar-refractivity contribution is -0.132. The lowest BCUT2D eigenvalue weighted by Gasteiger charge is -2.17. The normalized spacial score (nSPS) is 14.3. The van der Waals surface area contributed by atoms with Crippen LogP contribution in [0.5, 0.6) is 5.75 Å². The van der Waals surface area contributed by atoms with Crippen molar-refractivity contribution >= 4 is 5.91 Å². The van der Waals surface area contributed by atoms with E-state index in [2.05, 4.69) is 0 Å². The van der Waals surface area contributed by atoms with Gasteiger partial charge in [0, 0.05) is 13.1 Å². The largest absolute Gasteiger partial charge is 0.480 e. The maximum atomic E-state index is 13.7. The van der Waals surface area contributed by atoms with Crippen LogP contribution in [0.2, 0.25) is 0 Å². The molecule has 4 nitrogen and oxygen atoms in total. The summed E-state index contributed by atoms with van der Waals surface area (Å²) in [6.45, 7) is 0.279. The van der Waals surface area contributed by atoms with Crippen LogP contribution in [0.15, 0.2) is 18.2 Å². The van der Waals surface area contributed by atoms with E-state index < -0.39 is 5.82 Å². The summed E-state index contributed by atoms with van der Waals surface area (Å²) in [7, 11) is 1.76. The molecule has 104 valence electrons. The lowest BCUT2D eigenvalue weighted by Crippen LogP contribution is -2.33. The highest BCUT2D eigenvalue weighted by atomic mass is 19.1. The van der Waals surface area contributed by atoms with Crippen molar-refractivity contribution in [3.05, 3.63) is 29.6 Å². The van der Waals surface area contributed by atoms with E-state index in [9.17, 15) is 9.18 Å². The molecule has 0 heterocycles. The Morgan fingerprint density at radius 2 is 2.26 bits per heavy atom. The third kappa shape index (κ3) is 3.44. The van der Waals surface area contributed by atoms with E-state index in [0.717, 1.165) is 12.8 Å². The van der Waals surface area contributed by atoms with Crippen molar-refractivity contribution < 1.29 is 13.9 Å². The number of nitrogens with zero attached hydrogens (tertiary/aromatic N) is 1. The molecule has 0 radical (unpaired) electrons. The monoisotopic (exact) mass is 266 g/mol. The van der Waals surface area contributed by atoms with Crippen LogP contribution >= 0.6 is 0 Å². The average Bonchev–Trinajstić information content (AvgIpc) is 3.21. The van der Waals surface area contributed by atoms with E-state index >= 15 is 0 Å². The Morgan fingerprint density at radius 1 is 1.53 bits per heavy atom. The van der Waals surface area contributed by atoms with Gasteiger partial charge in [-0.15, -0.1) is 0 Å². The molecule has 19 heavy (non-hydrogen) atoms. The van der Waals surface area contributed by atoms with Gasteiger partial charge in [0.1, 0.15) is 0 Å². The predicted octanol–water partition coefficient (Wildman–Crippen LogP) is 1.33. The van der Waals surface area contributed by atoms with Gasteiger partial charge >= 0.3 is 0 Å². The molecule has 0 spiro atoms. The van der Waals surface area contributed by atoms with E-state index in [0.29, 0.717) is 24.6 Å². The molecule has 0 saturated heterocycles. The van der Waals surface area contributed by atoms with Crippen molar-refractivity contribution in [2.45, 2.75) is 25.3 Å². The number of carbonyl (C=O) groups excluding carboxylic acids is 1. The van der Waals surface area contributed by atoms with Gasteiger partial charge in [-0.2, -0.15) is 0 Å². The van der Waals surface area contributed by atoms with Crippen LogP contribution in [0.1, 0.15) is 18.4 Å². The van der Waals surface area contributed by atoms with E-state index in [1.807, 2.05) is 0 Å². The highest BCUT2D eigenvalue weighted by molar-refractivity contribution is 5.78. The number of ether oxygens (including phenoxy) is 1. The van der Waals surface area contributed by atoms with Crippen molar-refractivity contribution in [3.63, 3.8) is 0 Å². The molecule has 2 rings (SSSR count). The van der Waals surface area contributed by atoms with Gasteiger partial charge in [0.15, 0.2) is 18.2 Å². The van der Waals surface area contributed by atoms with Gasteiger partial charge in [-0.25, -0.2) is 4.39 Å². The van der Waals surface area contributed by atoms with Gasteiger partial charge < -0.3 is 15.4 Å². The van der Waals surface area contributed by atoms with E-state index in [-0.39, 0.29) is 18.3 Å². The molecular formula is C14H19FN2O2. The summed E-state index contributed by atoms with van der Waals surface area (Å²) in [4.78, 5) is 13.5. The van der Waals surface area contributed by atoms with E-state index in [4.69, 9.17) is 10.5 Å². The minimum atomic E-state index is -0.451. The van der Waals surface area contributed by atoms with Crippen LogP contribution in [0.3, 0.4) is 0 Å². The molecule has 0 aliphatic heterocycles. The molecule has 0 unspecified atom stereocenters. The molecule has 1 aliphatic carbocycles. The first kappa shape index (κ1) is 13.8. The summed E-state index contributed by atoms with van der Waals surface area (Å²) >= 11 is 0. The fraction of sp³-hybridized carbons (Fsp3) is 0.500. The molecule has 0 aromatic heterocycles. The number of nitrogens with two attached hydrogens (primary N) is 1. The Balaban J connectivity index is 1.99. The number of amides is 1. The number of halogens is 1. The third-order valence-corrected chi connectivity index (χ3v) is 3.29. The Morgan fingerprint density at radius 3 is 2.89 bits per heavy atom. The number of rotatable bonds is 6. The fourth-order valence-corrected chi connectivity index (χ4v) is 1.97. The minimum absolute atomic E-state index is 0.121. The van der Waals surface area contributed by atoms with Crippen LogP contribution < -0.4 is 10.5 Å². The summed E-state index contributed by atoms with van der Waals surface area (Å²) in [5.41, 5.74) is 6.18. The van der Waals surface area contributed by atoms with Crippen LogP contribution in [-0.2, 0) is 11.2 Å². The fourth-order valence-electron chi connectivity index (χ4n) is 1.97. The average molecular weight is 266 g/mol. The minimum Gasteiger partial charge on any atom is -0.480 e. The summed E-state index contributed by atoms with van der Waals surface area (Å²) in [5.74, 6) is -0.428. The van der Waals surface area contributed by atoms with Gasteiger partial charge in [-0.05, 0) is 37.4 Å². The van der Waals surface area contributed by atoms with Crippen molar-refractivity contribution in [2.24, 2.45) is 5.73 Å². The van der Waals surface area contributed by atoms with Crippen molar-refractivity contribution in [3.8, 4) is 5.75 Å². The number of para-hydroxylation sites is 1. The number of likely N-dealkylation sites (N-methyl/N-ethyl adjacent to an activating group) is 1. The van der Waals surface area contributed by atoms with Gasteiger partial charge in [0.2, 0.25) is 0 Å². The highest BCUT2D eigenvalue weighted by Crippen LogP contribution is 2.26. The van der Waals surface area contributed by atoms with Gasteiger partial charge in [0.05, 0.1) is 0 Å². The first-order chi connectivity index (χ1) is 9.13. The topological polar surface area (TPSA) is 55.6 Å². The molecule has 0 atom stereocenters. The van der Waals surface area contributed by atoms with E-state index in [1.54, 1.807) is 24.1 Å². The Hall–Kier alpha value is -1.62. The molecule has 1 amide bonds. The lowest BCUT2D eigenvalue weighted by atomic mass is 10.1. The molecule has 1 saturated carbocycles. The van der Waals surface area contributed by atoms with Crippen LogP contribution in [-0.4, -0.2) is 37.0 Å². The Labute approximate surface area is 112 Å². The summed E-state index contributed by atoms with van der Waals surface area (Å²) in [6.07, 6.45) is 2.61. The van der Waals surface area contributed by atoms with Gasteiger partial charge in [-0.3, -0.25) is 4.79 Å². The predicted molar refractivity (Wildman–Crippen MR) is 70.4 cm³/mol. The zero-order chi connectivity index (χ0) is 13.8. The Kier molecular flexibility index (Phi) is 4.37. The van der Waals surface area contributed by atoms with Crippen LogP contribution in [0.25, 0.3) is 0 Å². The zero-order valence-electron chi connectivity index (χ0n) is 11.1.